The average Bonchev–Trinajstić information content (AvgIpc) is 2.72. The van der Waals surface area contributed by atoms with Crippen LogP contribution in [-0.4, -0.2) is 25.0 Å². The number of nitro groups is 1. The highest BCUT2D eigenvalue weighted by atomic mass is 35.5. The van der Waals surface area contributed by atoms with Crippen LogP contribution < -0.4 is 5.32 Å². The summed E-state index contributed by atoms with van der Waals surface area (Å²) in [5.41, 5.74) is -0.389. The van der Waals surface area contributed by atoms with Crippen LogP contribution in [0.15, 0.2) is 10.9 Å². The third kappa shape index (κ3) is 2.51. The first kappa shape index (κ1) is 12.2. The van der Waals surface area contributed by atoms with E-state index in [2.05, 4.69) is 25.4 Å². The number of anilines is 1. The molecule has 18 heavy (non-hydrogen) atoms. The number of nitrogens with zero attached hydrogens (tertiary/aromatic N) is 5. The molecule has 2 aromatic heterocycles. The molecule has 1 N–H and O–H groups in total. The zero-order valence-electron chi connectivity index (χ0n) is 9.12. The molecule has 0 saturated heterocycles. The highest BCUT2D eigenvalue weighted by Gasteiger charge is 2.21. The normalized spacial score (nSPS) is 10.3. The van der Waals surface area contributed by atoms with Gasteiger partial charge in [0, 0.05) is 6.92 Å². The molecular formula is C8H7ClN6O3. The van der Waals surface area contributed by atoms with E-state index in [9.17, 15) is 10.1 Å². The summed E-state index contributed by atoms with van der Waals surface area (Å²) in [6, 6.07) is 0. The SMILES string of the molecule is Cc1nc(CNc2ncnc(Cl)c2[N+](=O)[O-])no1. The topological polar surface area (TPSA) is 120 Å². The predicted molar refractivity (Wildman–Crippen MR) is 60.1 cm³/mol. The van der Waals surface area contributed by atoms with Crippen molar-refractivity contribution in [2.45, 2.75) is 13.5 Å². The number of rotatable bonds is 4. The minimum absolute atomic E-state index is 0.00227. The Balaban J connectivity index is 2.19. The van der Waals surface area contributed by atoms with E-state index < -0.39 is 4.92 Å². The lowest BCUT2D eigenvalue weighted by Gasteiger charge is -2.03. The fourth-order valence-electron chi connectivity index (χ4n) is 1.22. The molecular weight excluding hydrogens is 264 g/mol. The number of hydrogen-bond acceptors (Lipinski definition) is 8. The smallest absolute Gasteiger partial charge is 0.348 e. The van der Waals surface area contributed by atoms with Crippen molar-refractivity contribution in [1.82, 2.24) is 20.1 Å². The summed E-state index contributed by atoms with van der Waals surface area (Å²) in [5, 5.41) is 16.9. The van der Waals surface area contributed by atoms with E-state index in [1.54, 1.807) is 6.92 Å². The lowest BCUT2D eigenvalue weighted by atomic mass is 10.4. The van der Waals surface area contributed by atoms with E-state index >= 15 is 0 Å². The van der Waals surface area contributed by atoms with Crippen LogP contribution >= 0.6 is 11.6 Å². The predicted octanol–water partition coefficient (Wildman–Crippen LogP) is 1.34. The molecule has 0 radical (unpaired) electrons. The van der Waals surface area contributed by atoms with Crippen molar-refractivity contribution in [2.24, 2.45) is 0 Å². The number of aryl methyl sites for hydroxylation is 1. The second-order valence-corrected chi connectivity index (χ2v) is 3.56. The van der Waals surface area contributed by atoms with E-state index in [1.807, 2.05) is 0 Å². The van der Waals surface area contributed by atoms with Crippen LogP contribution in [-0.2, 0) is 6.54 Å². The molecule has 0 aliphatic rings. The fraction of sp³-hybridized carbons (Fsp3) is 0.250. The van der Waals surface area contributed by atoms with Crippen LogP contribution in [0.1, 0.15) is 11.7 Å². The Morgan fingerprint density at radius 3 is 2.94 bits per heavy atom. The van der Waals surface area contributed by atoms with Gasteiger partial charge in [0.05, 0.1) is 11.5 Å². The highest BCUT2D eigenvalue weighted by molar-refractivity contribution is 6.31. The maximum Gasteiger partial charge on any atom is 0.348 e. The molecule has 0 aliphatic heterocycles. The van der Waals surface area contributed by atoms with Gasteiger partial charge in [0.1, 0.15) is 6.33 Å². The Bertz CT molecular complexity index is 586. The lowest BCUT2D eigenvalue weighted by Crippen LogP contribution is -2.06. The Morgan fingerprint density at radius 2 is 2.33 bits per heavy atom. The molecule has 0 fully saturated rings. The van der Waals surface area contributed by atoms with Crippen molar-refractivity contribution >= 4 is 23.1 Å². The van der Waals surface area contributed by atoms with E-state index in [4.69, 9.17) is 16.1 Å². The molecule has 0 saturated carbocycles. The van der Waals surface area contributed by atoms with Crippen molar-refractivity contribution in [3.05, 3.63) is 33.3 Å². The molecule has 10 heteroatoms. The molecule has 0 bridgehead atoms. The molecule has 0 atom stereocenters. The summed E-state index contributed by atoms with van der Waals surface area (Å²) in [6.07, 6.45) is 1.12. The van der Waals surface area contributed by atoms with Crippen molar-refractivity contribution in [2.75, 3.05) is 5.32 Å². The molecule has 2 aromatic rings. The van der Waals surface area contributed by atoms with Gasteiger partial charge in [0.25, 0.3) is 0 Å². The van der Waals surface area contributed by atoms with E-state index in [-0.39, 0.29) is 23.2 Å². The van der Waals surface area contributed by atoms with Gasteiger partial charge in [0.2, 0.25) is 16.9 Å². The summed E-state index contributed by atoms with van der Waals surface area (Å²) in [7, 11) is 0. The summed E-state index contributed by atoms with van der Waals surface area (Å²) in [4.78, 5) is 21.4. The van der Waals surface area contributed by atoms with Crippen LogP contribution in [0.2, 0.25) is 5.15 Å². The summed E-state index contributed by atoms with van der Waals surface area (Å²) < 4.78 is 4.76. The van der Waals surface area contributed by atoms with E-state index in [0.717, 1.165) is 6.33 Å². The van der Waals surface area contributed by atoms with Crippen molar-refractivity contribution < 1.29 is 9.45 Å². The minimum Gasteiger partial charge on any atom is -0.357 e. The molecule has 0 unspecified atom stereocenters. The molecule has 94 valence electrons. The van der Waals surface area contributed by atoms with Gasteiger partial charge in [-0.3, -0.25) is 10.1 Å². The molecule has 2 rings (SSSR count). The molecule has 9 nitrogen and oxygen atoms in total. The third-order valence-electron chi connectivity index (χ3n) is 1.94. The minimum atomic E-state index is -0.661. The van der Waals surface area contributed by atoms with Crippen LogP contribution in [0.5, 0.6) is 0 Å². The van der Waals surface area contributed by atoms with Gasteiger partial charge in [-0.15, -0.1) is 0 Å². The Hall–Kier alpha value is -2.29. The van der Waals surface area contributed by atoms with Crippen LogP contribution in [0.4, 0.5) is 11.5 Å². The maximum atomic E-state index is 10.8. The molecule has 0 aromatic carbocycles. The second-order valence-electron chi connectivity index (χ2n) is 3.20. The van der Waals surface area contributed by atoms with Crippen LogP contribution in [0, 0.1) is 17.0 Å². The summed E-state index contributed by atoms with van der Waals surface area (Å²) in [5.74, 6) is 0.765. The Labute approximate surface area is 105 Å². The van der Waals surface area contributed by atoms with Crippen LogP contribution in [0.3, 0.4) is 0 Å². The summed E-state index contributed by atoms with van der Waals surface area (Å²) >= 11 is 5.63. The van der Waals surface area contributed by atoms with Gasteiger partial charge >= 0.3 is 5.69 Å². The first-order valence-corrected chi connectivity index (χ1v) is 5.13. The first-order chi connectivity index (χ1) is 8.58. The molecule has 0 amide bonds. The van der Waals surface area contributed by atoms with Crippen molar-refractivity contribution in [3.8, 4) is 0 Å². The van der Waals surface area contributed by atoms with E-state index in [0.29, 0.717) is 11.7 Å². The van der Waals surface area contributed by atoms with Gasteiger partial charge in [0.15, 0.2) is 5.82 Å². The van der Waals surface area contributed by atoms with Gasteiger partial charge in [-0.1, -0.05) is 16.8 Å². The number of aromatic nitrogens is 4. The average molecular weight is 271 g/mol. The van der Waals surface area contributed by atoms with Gasteiger partial charge in [-0.2, -0.15) is 4.98 Å². The number of hydrogen-bond donors (Lipinski definition) is 1. The van der Waals surface area contributed by atoms with Crippen molar-refractivity contribution in [3.63, 3.8) is 0 Å². The zero-order chi connectivity index (χ0) is 13.1. The molecule has 0 spiro atoms. The second kappa shape index (κ2) is 4.92. The lowest BCUT2D eigenvalue weighted by molar-refractivity contribution is -0.384. The molecule has 0 aliphatic carbocycles. The third-order valence-corrected chi connectivity index (χ3v) is 2.22. The standard InChI is InChI=1S/C8H7ClN6O3/c1-4-13-5(14-18-4)2-10-8-6(15(16)17)7(9)11-3-12-8/h3H,2H2,1H3,(H,10,11,12). The fourth-order valence-corrected chi connectivity index (χ4v) is 1.43. The zero-order valence-corrected chi connectivity index (χ0v) is 9.88. The van der Waals surface area contributed by atoms with Gasteiger partial charge in [-0.25, -0.2) is 9.97 Å². The number of halogens is 1. The largest absolute Gasteiger partial charge is 0.357 e. The quantitative estimate of drug-likeness (QED) is 0.502. The van der Waals surface area contributed by atoms with Gasteiger partial charge in [-0.05, 0) is 0 Å². The highest BCUT2D eigenvalue weighted by Crippen LogP contribution is 2.28. The van der Waals surface area contributed by atoms with Crippen molar-refractivity contribution in [1.29, 1.82) is 0 Å². The number of nitrogens with one attached hydrogen (secondary N) is 1. The van der Waals surface area contributed by atoms with E-state index in [1.165, 1.54) is 0 Å². The Kier molecular flexibility index (Phi) is 3.33. The first-order valence-electron chi connectivity index (χ1n) is 4.76. The maximum absolute atomic E-state index is 10.8. The Morgan fingerprint density at radius 1 is 1.56 bits per heavy atom. The van der Waals surface area contributed by atoms with Gasteiger partial charge < -0.3 is 9.84 Å². The monoisotopic (exact) mass is 270 g/mol. The van der Waals surface area contributed by atoms with Crippen LogP contribution in [0.25, 0.3) is 0 Å². The molecule has 2 heterocycles. The summed E-state index contributed by atoms with van der Waals surface area (Å²) in [6.45, 7) is 1.77.